The second-order valence-electron chi connectivity index (χ2n) is 8.24. The fourth-order valence-electron chi connectivity index (χ4n) is 4.29. The number of ketones is 1. The molecule has 1 N–H and O–H groups in total. The Kier molecular flexibility index (Phi) is 8.01. The molecular weight excluding hydrogens is 492 g/mol. The molecule has 35 heavy (non-hydrogen) atoms. The van der Waals surface area contributed by atoms with Crippen LogP contribution in [0, 0.1) is 11.6 Å². The van der Waals surface area contributed by atoms with E-state index in [0.29, 0.717) is 5.75 Å². The predicted octanol–water partition coefficient (Wildman–Crippen LogP) is 4.82. The van der Waals surface area contributed by atoms with E-state index in [9.17, 15) is 27.1 Å². The molecule has 5 nitrogen and oxygen atoms in total. The smallest absolute Gasteiger partial charge is 0.244 e. The summed E-state index contributed by atoms with van der Waals surface area (Å²) in [5, 5.41) is 8.43. The van der Waals surface area contributed by atoms with Crippen LogP contribution in [0.2, 0.25) is 0 Å². The first-order valence-corrected chi connectivity index (χ1v) is 13.7. The van der Waals surface area contributed by atoms with Crippen molar-refractivity contribution in [3.63, 3.8) is 0 Å². The minimum Gasteiger partial charge on any atom is -0.396 e. The Labute approximate surface area is 207 Å². The second-order valence-corrected chi connectivity index (χ2v) is 11.3. The highest BCUT2D eigenvalue weighted by Gasteiger charge is 2.40. The van der Waals surface area contributed by atoms with Gasteiger partial charge in [-0.25, -0.2) is 17.2 Å². The fraction of sp³-hybridized carbons (Fsp3) is 0.269. The third kappa shape index (κ3) is 5.48. The van der Waals surface area contributed by atoms with Gasteiger partial charge in [-0.05, 0) is 47.7 Å². The van der Waals surface area contributed by atoms with E-state index in [2.05, 4.69) is 0 Å². The minimum absolute atomic E-state index is 0.0192. The summed E-state index contributed by atoms with van der Waals surface area (Å²) in [7, 11) is -3.97. The van der Waals surface area contributed by atoms with Crippen molar-refractivity contribution in [2.45, 2.75) is 29.0 Å². The molecule has 0 radical (unpaired) electrons. The first-order chi connectivity index (χ1) is 16.8. The number of halogens is 2. The van der Waals surface area contributed by atoms with Crippen molar-refractivity contribution < 1.29 is 27.1 Å². The number of aliphatic hydroxyl groups excluding tert-OH is 1. The van der Waals surface area contributed by atoms with Gasteiger partial charge in [-0.2, -0.15) is 4.31 Å². The highest BCUT2D eigenvalue weighted by atomic mass is 32.2. The maximum absolute atomic E-state index is 14.3. The monoisotopic (exact) mass is 517 g/mol. The number of carbonyl (C=O) groups is 1. The average Bonchev–Trinajstić information content (AvgIpc) is 3.36. The minimum atomic E-state index is -3.97. The average molecular weight is 518 g/mol. The zero-order valence-corrected chi connectivity index (χ0v) is 20.4. The molecule has 1 heterocycles. The third-order valence-corrected chi connectivity index (χ3v) is 9.29. The van der Waals surface area contributed by atoms with Crippen molar-refractivity contribution in [1.29, 1.82) is 0 Å². The van der Waals surface area contributed by atoms with Crippen LogP contribution in [0.5, 0.6) is 0 Å². The van der Waals surface area contributed by atoms with Crippen LogP contribution in [0.15, 0.2) is 77.7 Å². The van der Waals surface area contributed by atoms with Gasteiger partial charge in [0.1, 0.15) is 17.0 Å². The van der Waals surface area contributed by atoms with Crippen LogP contribution in [0.3, 0.4) is 0 Å². The van der Waals surface area contributed by atoms with Crippen molar-refractivity contribution >= 4 is 27.6 Å². The first kappa shape index (κ1) is 25.5. The third-order valence-electron chi connectivity index (χ3n) is 6.03. The Morgan fingerprint density at radius 3 is 2.23 bits per heavy atom. The van der Waals surface area contributed by atoms with E-state index < -0.39 is 38.7 Å². The van der Waals surface area contributed by atoms with Crippen molar-refractivity contribution in [1.82, 2.24) is 4.31 Å². The SMILES string of the molecule is O=C(CC(CCO)c1c(F)cccc1F)C1SCCN1S(=O)(=O)c1ccc(-c2ccccc2)cc1. The number of nitrogens with zero attached hydrogens (tertiary/aromatic N) is 1. The summed E-state index contributed by atoms with van der Waals surface area (Å²) in [6.45, 7) is -0.206. The zero-order chi connectivity index (χ0) is 25.0. The van der Waals surface area contributed by atoms with E-state index in [1.165, 1.54) is 30.0 Å². The van der Waals surface area contributed by atoms with Crippen LogP contribution >= 0.6 is 11.8 Å². The lowest BCUT2D eigenvalue weighted by Crippen LogP contribution is -2.40. The normalized spacial score (nSPS) is 17.4. The van der Waals surface area contributed by atoms with E-state index in [4.69, 9.17) is 0 Å². The molecule has 1 fully saturated rings. The quantitative estimate of drug-likeness (QED) is 0.441. The highest BCUT2D eigenvalue weighted by Crippen LogP contribution is 2.35. The van der Waals surface area contributed by atoms with Crippen LogP contribution in [0.25, 0.3) is 11.1 Å². The number of benzene rings is 3. The van der Waals surface area contributed by atoms with Gasteiger partial charge in [0.05, 0.1) is 4.90 Å². The zero-order valence-electron chi connectivity index (χ0n) is 18.8. The number of hydrogen-bond donors (Lipinski definition) is 1. The Balaban J connectivity index is 1.55. The summed E-state index contributed by atoms with van der Waals surface area (Å²) < 4.78 is 56.6. The Bertz CT molecular complexity index is 1260. The van der Waals surface area contributed by atoms with Crippen LogP contribution in [-0.2, 0) is 14.8 Å². The van der Waals surface area contributed by atoms with E-state index in [0.717, 1.165) is 27.6 Å². The molecule has 3 aromatic carbocycles. The molecule has 1 aliphatic rings. The number of hydrogen-bond acceptors (Lipinski definition) is 5. The van der Waals surface area contributed by atoms with Gasteiger partial charge in [0.25, 0.3) is 0 Å². The summed E-state index contributed by atoms with van der Waals surface area (Å²) in [6, 6.07) is 19.5. The molecule has 0 amide bonds. The highest BCUT2D eigenvalue weighted by molar-refractivity contribution is 8.02. The van der Waals surface area contributed by atoms with Gasteiger partial charge < -0.3 is 5.11 Å². The standard InChI is InChI=1S/C26H25F2NO4S2/c27-22-7-4-8-23(28)25(22)20(13-15-30)17-24(31)26-29(14-16-34-26)35(32,33)21-11-9-19(10-12-21)18-5-2-1-3-6-18/h1-12,20,26,30H,13-17H2. The molecule has 3 aromatic rings. The van der Waals surface area contributed by atoms with E-state index in [1.54, 1.807) is 12.1 Å². The Morgan fingerprint density at radius 1 is 0.971 bits per heavy atom. The molecule has 0 aliphatic carbocycles. The van der Waals surface area contributed by atoms with Gasteiger partial charge in [0.2, 0.25) is 10.0 Å². The molecule has 0 bridgehead atoms. The molecule has 0 aromatic heterocycles. The molecule has 184 valence electrons. The first-order valence-electron chi connectivity index (χ1n) is 11.2. The van der Waals surface area contributed by atoms with Crippen LogP contribution in [0.1, 0.15) is 24.3 Å². The van der Waals surface area contributed by atoms with Crippen molar-refractivity contribution in [2.75, 3.05) is 18.9 Å². The maximum atomic E-state index is 14.3. The van der Waals surface area contributed by atoms with Gasteiger partial charge in [0, 0.05) is 30.9 Å². The summed E-state index contributed by atoms with van der Waals surface area (Å²) >= 11 is 1.19. The largest absolute Gasteiger partial charge is 0.396 e. The van der Waals surface area contributed by atoms with Gasteiger partial charge in [-0.3, -0.25) is 4.79 Å². The lowest BCUT2D eigenvalue weighted by molar-refractivity contribution is -0.120. The molecule has 9 heteroatoms. The van der Waals surface area contributed by atoms with Gasteiger partial charge >= 0.3 is 0 Å². The number of rotatable bonds is 9. The summed E-state index contributed by atoms with van der Waals surface area (Å²) in [4.78, 5) is 13.3. The van der Waals surface area contributed by atoms with Crippen LogP contribution in [0.4, 0.5) is 8.78 Å². The van der Waals surface area contributed by atoms with E-state index in [1.807, 2.05) is 30.3 Å². The number of thioether (sulfide) groups is 1. The number of sulfonamides is 1. The lowest BCUT2D eigenvalue weighted by atomic mass is 9.90. The summed E-state index contributed by atoms with van der Waals surface area (Å²) in [6.07, 6.45) is -0.302. The van der Waals surface area contributed by atoms with Gasteiger partial charge in [-0.1, -0.05) is 48.5 Å². The summed E-state index contributed by atoms with van der Waals surface area (Å²) in [5.41, 5.74) is 1.56. The predicted molar refractivity (Wildman–Crippen MR) is 132 cm³/mol. The number of carbonyl (C=O) groups excluding carboxylic acids is 1. The molecule has 0 spiro atoms. The van der Waals surface area contributed by atoms with Crippen LogP contribution in [-0.4, -0.2) is 47.9 Å². The van der Waals surface area contributed by atoms with E-state index >= 15 is 0 Å². The molecular formula is C26H25F2NO4S2. The Hall–Kier alpha value is -2.59. The number of aliphatic hydroxyl groups is 1. The van der Waals surface area contributed by atoms with Crippen molar-refractivity contribution in [2.24, 2.45) is 0 Å². The topological polar surface area (TPSA) is 74.7 Å². The molecule has 0 saturated carbocycles. The van der Waals surface area contributed by atoms with E-state index in [-0.39, 0.29) is 36.5 Å². The van der Waals surface area contributed by atoms with Gasteiger partial charge in [-0.15, -0.1) is 11.8 Å². The second kappa shape index (κ2) is 11.0. The maximum Gasteiger partial charge on any atom is 0.244 e. The van der Waals surface area contributed by atoms with Crippen LogP contribution < -0.4 is 0 Å². The lowest BCUT2D eigenvalue weighted by Gasteiger charge is -2.24. The molecule has 1 saturated heterocycles. The molecule has 2 unspecified atom stereocenters. The fourth-order valence-corrected chi connectivity index (χ4v) is 7.46. The molecule has 4 rings (SSSR count). The van der Waals surface area contributed by atoms with Gasteiger partial charge in [0.15, 0.2) is 5.78 Å². The molecule has 1 aliphatic heterocycles. The van der Waals surface area contributed by atoms with Crippen molar-refractivity contribution in [3.05, 3.63) is 90.0 Å². The summed E-state index contributed by atoms with van der Waals surface area (Å²) in [5.74, 6) is -2.50. The Morgan fingerprint density at radius 2 is 1.60 bits per heavy atom. The number of Topliss-reactive ketones (excluding diaryl/α,β-unsaturated/α-hetero) is 1. The van der Waals surface area contributed by atoms with Crippen molar-refractivity contribution in [3.8, 4) is 11.1 Å². The molecule has 2 atom stereocenters.